The van der Waals surface area contributed by atoms with Crippen LogP contribution in [0.15, 0.2) is 52.7 Å². The highest BCUT2D eigenvalue weighted by Gasteiger charge is 2.10. The number of pyridine rings is 1. The van der Waals surface area contributed by atoms with Crippen LogP contribution in [0.25, 0.3) is 0 Å². The van der Waals surface area contributed by atoms with Gasteiger partial charge in [-0.05, 0) is 43.3 Å². The summed E-state index contributed by atoms with van der Waals surface area (Å²) in [7, 11) is -3.76. The normalized spacial score (nSPS) is 11.2. The minimum Gasteiger partial charge on any atom is -0.326 e. The molecule has 8 nitrogen and oxygen atoms in total. The summed E-state index contributed by atoms with van der Waals surface area (Å²) >= 11 is 1.38. The molecule has 0 aliphatic heterocycles. The number of nitrogens with one attached hydrogen (secondary N) is 2. The van der Waals surface area contributed by atoms with Gasteiger partial charge < -0.3 is 10.6 Å². The molecule has 0 atom stereocenters. The quantitative estimate of drug-likeness (QED) is 0.580. The topological polar surface area (TPSA) is 127 Å². The van der Waals surface area contributed by atoms with Crippen LogP contribution in [0.2, 0.25) is 0 Å². The summed E-state index contributed by atoms with van der Waals surface area (Å²) in [6, 6.07) is 11.3. The molecule has 0 saturated carbocycles. The fourth-order valence-corrected chi connectivity index (χ4v) is 3.50. The van der Waals surface area contributed by atoms with Crippen LogP contribution in [0.1, 0.15) is 11.4 Å². The number of aromatic nitrogens is 2. The predicted molar refractivity (Wildman–Crippen MR) is 105 cm³/mol. The molecule has 0 bridgehead atoms. The van der Waals surface area contributed by atoms with Gasteiger partial charge in [0.15, 0.2) is 5.13 Å². The van der Waals surface area contributed by atoms with Gasteiger partial charge in [-0.1, -0.05) is 6.07 Å². The van der Waals surface area contributed by atoms with E-state index in [1.165, 1.54) is 35.6 Å². The maximum absolute atomic E-state index is 12.2. The molecule has 140 valence electrons. The highest BCUT2D eigenvalue weighted by Crippen LogP contribution is 2.20. The molecule has 0 radical (unpaired) electrons. The fraction of sp³-hybridized carbons (Fsp3) is 0.118. The van der Waals surface area contributed by atoms with Crippen molar-refractivity contribution < 1.29 is 13.2 Å². The molecule has 3 aromatic rings. The van der Waals surface area contributed by atoms with E-state index in [1.54, 1.807) is 5.38 Å². The van der Waals surface area contributed by atoms with Crippen molar-refractivity contribution in [3.05, 3.63) is 59.2 Å². The molecule has 0 saturated heterocycles. The molecule has 0 unspecified atom stereocenters. The lowest BCUT2D eigenvalue weighted by Crippen LogP contribution is -2.15. The Morgan fingerprint density at radius 1 is 1.15 bits per heavy atom. The summed E-state index contributed by atoms with van der Waals surface area (Å²) in [5.74, 6) is 0.430. The first-order chi connectivity index (χ1) is 12.8. The maximum atomic E-state index is 12.2. The number of aryl methyl sites for hydroxylation is 1. The van der Waals surface area contributed by atoms with Crippen molar-refractivity contribution in [1.82, 2.24) is 9.97 Å². The fourth-order valence-electron chi connectivity index (χ4n) is 2.27. The number of thiazole rings is 1. The standard InChI is InChI=1S/C17H17N5O3S2/c1-11-3-2-4-15(19-11)22-17-21-13(10-26-17)9-16(23)20-12-5-7-14(8-6-12)27(18,24)25/h2-8,10H,9H2,1H3,(H,20,23)(H2,18,24,25)(H,19,21,22). The summed E-state index contributed by atoms with van der Waals surface area (Å²) in [5, 5.41) is 13.3. The number of carbonyl (C=O) groups is 1. The van der Waals surface area contributed by atoms with Gasteiger partial charge in [-0.3, -0.25) is 4.79 Å². The lowest BCUT2D eigenvalue weighted by Gasteiger charge is -2.05. The van der Waals surface area contributed by atoms with Crippen molar-refractivity contribution in [2.24, 2.45) is 5.14 Å². The average molecular weight is 403 g/mol. The number of hydrogen-bond donors (Lipinski definition) is 3. The third-order valence-electron chi connectivity index (χ3n) is 3.48. The first-order valence-corrected chi connectivity index (χ1v) is 10.3. The Hall–Kier alpha value is -2.82. The smallest absolute Gasteiger partial charge is 0.238 e. The zero-order chi connectivity index (χ0) is 19.4. The van der Waals surface area contributed by atoms with Crippen LogP contribution < -0.4 is 15.8 Å². The third kappa shape index (κ3) is 5.33. The highest BCUT2D eigenvalue weighted by molar-refractivity contribution is 7.89. The molecule has 3 rings (SSSR count). The summed E-state index contributed by atoms with van der Waals surface area (Å²) in [6.07, 6.45) is 0.0936. The Balaban J connectivity index is 1.59. The Morgan fingerprint density at radius 2 is 1.89 bits per heavy atom. The van der Waals surface area contributed by atoms with Gasteiger partial charge in [-0.15, -0.1) is 11.3 Å². The van der Waals surface area contributed by atoms with E-state index in [-0.39, 0.29) is 17.2 Å². The Kier molecular flexibility index (Phi) is 5.49. The summed E-state index contributed by atoms with van der Waals surface area (Å²) in [5.41, 5.74) is 1.99. The van der Waals surface area contributed by atoms with Crippen LogP contribution in [0.4, 0.5) is 16.6 Å². The molecule has 2 heterocycles. The predicted octanol–water partition coefficient (Wildman–Crippen LogP) is 2.42. The van der Waals surface area contributed by atoms with Gasteiger partial charge in [0.2, 0.25) is 15.9 Å². The van der Waals surface area contributed by atoms with E-state index in [4.69, 9.17) is 5.14 Å². The van der Waals surface area contributed by atoms with Crippen LogP contribution in [0, 0.1) is 6.92 Å². The van der Waals surface area contributed by atoms with Crippen molar-refractivity contribution in [2.45, 2.75) is 18.2 Å². The molecule has 2 aromatic heterocycles. The molecule has 0 fully saturated rings. The van der Waals surface area contributed by atoms with Crippen LogP contribution >= 0.6 is 11.3 Å². The number of hydrogen-bond acceptors (Lipinski definition) is 7. The number of benzene rings is 1. The zero-order valence-electron chi connectivity index (χ0n) is 14.3. The monoisotopic (exact) mass is 403 g/mol. The first kappa shape index (κ1) is 19.0. The number of nitrogens with two attached hydrogens (primary N) is 1. The summed E-state index contributed by atoms with van der Waals surface area (Å²) in [4.78, 5) is 20.9. The zero-order valence-corrected chi connectivity index (χ0v) is 16.0. The van der Waals surface area contributed by atoms with Gasteiger partial charge >= 0.3 is 0 Å². The lowest BCUT2D eigenvalue weighted by molar-refractivity contribution is -0.115. The molecular formula is C17H17N5O3S2. The second kappa shape index (κ2) is 7.82. The number of primary sulfonamides is 1. The summed E-state index contributed by atoms with van der Waals surface area (Å²) < 4.78 is 22.5. The van der Waals surface area contributed by atoms with E-state index in [0.29, 0.717) is 22.3 Å². The van der Waals surface area contributed by atoms with E-state index in [0.717, 1.165) is 5.69 Å². The average Bonchev–Trinajstić information content (AvgIpc) is 3.01. The maximum Gasteiger partial charge on any atom is 0.238 e. The Morgan fingerprint density at radius 3 is 2.56 bits per heavy atom. The van der Waals surface area contributed by atoms with Crippen molar-refractivity contribution in [2.75, 3.05) is 10.6 Å². The third-order valence-corrected chi connectivity index (χ3v) is 5.22. The van der Waals surface area contributed by atoms with Gasteiger partial charge in [0.1, 0.15) is 5.82 Å². The highest BCUT2D eigenvalue weighted by atomic mass is 32.2. The number of rotatable bonds is 6. The van der Waals surface area contributed by atoms with Crippen molar-refractivity contribution in [3.63, 3.8) is 0 Å². The minimum absolute atomic E-state index is 0.0134. The molecule has 1 amide bonds. The SMILES string of the molecule is Cc1cccc(Nc2nc(CC(=O)Nc3ccc(S(N)(=O)=O)cc3)cs2)n1. The molecule has 0 aliphatic rings. The molecule has 0 spiro atoms. The van der Waals surface area contributed by atoms with Crippen molar-refractivity contribution in [3.8, 4) is 0 Å². The van der Waals surface area contributed by atoms with Gasteiger partial charge in [0, 0.05) is 16.8 Å². The van der Waals surface area contributed by atoms with E-state index >= 15 is 0 Å². The Labute approximate surface area is 160 Å². The molecule has 4 N–H and O–H groups in total. The van der Waals surface area contributed by atoms with Gasteiger partial charge in [-0.2, -0.15) is 0 Å². The first-order valence-electron chi connectivity index (χ1n) is 7.87. The number of sulfonamides is 1. The molecule has 0 aliphatic carbocycles. The molecule has 10 heteroatoms. The molecular weight excluding hydrogens is 386 g/mol. The minimum atomic E-state index is -3.76. The van der Waals surface area contributed by atoms with Crippen LogP contribution in [-0.4, -0.2) is 24.3 Å². The lowest BCUT2D eigenvalue weighted by atomic mass is 10.3. The second-order valence-corrected chi connectivity index (χ2v) is 8.15. The van der Waals surface area contributed by atoms with E-state index in [1.807, 2.05) is 25.1 Å². The van der Waals surface area contributed by atoms with Gasteiger partial charge in [0.25, 0.3) is 0 Å². The largest absolute Gasteiger partial charge is 0.326 e. The van der Waals surface area contributed by atoms with E-state index in [2.05, 4.69) is 20.6 Å². The van der Waals surface area contributed by atoms with Gasteiger partial charge in [-0.25, -0.2) is 23.5 Å². The van der Waals surface area contributed by atoms with Gasteiger partial charge in [0.05, 0.1) is 17.0 Å². The van der Waals surface area contributed by atoms with Crippen molar-refractivity contribution >= 4 is 43.9 Å². The van der Waals surface area contributed by atoms with Crippen LogP contribution in [0.5, 0.6) is 0 Å². The molecule has 1 aromatic carbocycles. The Bertz CT molecular complexity index is 1060. The molecule has 27 heavy (non-hydrogen) atoms. The van der Waals surface area contributed by atoms with Crippen molar-refractivity contribution in [1.29, 1.82) is 0 Å². The summed E-state index contributed by atoms with van der Waals surface area (Å²) in [6.45, 7) is 1.90. The van der Waals surface area contributed by atoms with Crippen LogP contribution in [0.3, 0.4) is 0 Å². The number of anilines is 3. The van der Waals surface area contributed by atoms with E-state index in [9.17, 15) is 13.2 Å². The number of amides is 1. The second-order valence-electron chi connectivity index (χ2n) is 5.73. The van der Waals surface area contributed by atoms with Crippen LogP contribution in [-0.2, 0) is 21.2 Å². The number of nitrogens with zero attached hydrogens (tertiary/aromatic N) is 2. The number of carbonyl (C=O) groups excluding carboxylic acids is 1. The van der Waals surface area contributed by atoms with E-state index < -0.39 is 10.0 Å².